The average molecular weight is 247 g/mol. The number of hydrogen-bond donors (Lipinski definition) is 0. The molecule has 4 heteroatoms. The molecular weight excluding hydrogens is 226 g/mol. The third-order valence-corrected chi connectivity index (χ3v) is 4.19. The summed E-state index contributed by atoms with van der Waals surface area (Å²) in [4.78, 5) is 10.9. The van der Waals surface area contributed by atoms with Crippen LogP contribution < -0.4 is 4.74 Å². The summed E-state index contributed by atoms with van der Waals surface area (Å²) in [6.45, 7) is 3.49. The van der Waals surface area contributed by atoms with Crippen LogP contribution in [0.1, 0.15) is 31.2 Å². The summed E-state index contributed by atoms with van der Waals surface area (Å²) < 4.78 is 4.98. The molecule has 2 bridgehead atoms. The van der Waals surface area contributed by atoms with Crippen molar-refractivity contribution in [2.24, 2.45) is 11.8 Å². The number of likely N-dealkylation sites (tertiary alicyclic amines) is 1. The van der Waals surface area contributed by atoms with Crippen molar-refractivity contribution in [1.29, 1.82) is 0 Å². The molecule has 98 valence electrons. The molecule has 0 N–H and O–H groups in total. The molecule has 0 amide bonds. The minimum absolute atomic E-state index is 0.453. The van der Waals surface area contributed by atoms with Crippen molar-refractivity contribution < 1.29 is 4.74 Å². The number of nitrogens with zero attached hydrogens (tertiary/aromatic N) is 3. The molecule has 2 aliphatic rings. The number of hydrogen-bond acceptors (Lipinski definition) is 4. The number of rotatable bonds is 3. The Labute approximate surface area is 108 Å². The summed E-state index contributed by atoms with van der Waals surface area (Å²) in [5.74, 6) is 1.85. The molecule has 0 unspecified atom stereocenters. The third kappa shape index (κ3) is 2.64. The molecule has 0 radical (unpaired) electrons. The summed E-state index contributed by atoms with van der Waals surface area (Å²) in [5, 5.41) is 0. The van der Waals surface area contributed by atoms with Crippen LogP contribution >= 0.6 is 0 Å². The Morgan fingerprint density at radius 3 is 2.50 bits per heavy atom. The van der Waals surface area contributed by atoms with Gasteiger partial charge in [0.2, 0.25) is 0 Å². The lowest BCUT2D eigenvalue weighted by Crippen LogP contribution is -2.42. The third-order valence-electron chi connectivity index (χ3n) is 4.19. The average Bonchev–Trinajstić information content (AvgIpc) is 2.39. The van der Waals surface area contributed by atoms with Crippen molar-refractivity contribution in [2.75, 3.05) is 20.2 Å². The molecule has 0 spiro atoms. The van der Waals surface area contributed by atoms with Gasteiger partial charge in [-0.3, -0.25) is 4.90 Å². The van der Waals surface area contributed by atoms with Gasteiger partial charge in [0.25, 0.3) is 0 Å². The van der Waals surface area contributed by atoms with Gasteiger partial charge in [0.15, 0.2) is 0 Å². The lowest BCUT2D eigenvalue weighted by atomic mass is 9.78. The molecule has 18 heavy (non-hydrogen) atoms. The van der Waals surface area contributed by atoms with E-state index in [1.807, 2.05) is 12.4 Å². The summed E-state index contributed by atoms with van der Waals surface area (Å²) in [6, 6.07) is 0.453. The van der Waals surface area contributed by atoms with E-state index in [0.29, 0.717) is 6.01 Å². The van der Waals surface area contributed by atoms with Gasteiger partial charge < -0.3 is 4.74 Å². The predicted octanol–water partition coefficient (Wildman–Crippen LogP) is 2.11. The number of piperidine rings is 1. The van der Waals surface area contributed by atoms with E-state index in [1.165, 1.54) is 44.3 Å². The molecule has 2 heterocycles. The molecule has 1 aliphatic carbocycles. The van der Waals surface area contributed by atoms with Crippen LogP contribution in [0.15, 0.2) is 12.4 Å². The molecule has 1 saturated carbocycles. The van der Waals surface area contributed by atoms with E-state index in [4.69, 9.17) is 4.74 Å². The van der Waals surface area contributed by atoms with Gasteiger partial charge in [0, 0.05) is 37.6 Å². The van der Waals surface area contributed by atoms with Crippen LogP contribution in [-0.4, -0.2) is 35.1 Å². The molecule has 2 atom stereocenters. The van der Waals surface area contributed by atoms with Crippen molar-refractivity contribution in [3.63, 3.8) is 0 Å². The number of aromatic nitrogens is 2. The molecule has 3 rings (SSSR count). The highest BCUT2D eigenvalue weighted by Crippen LogP contribution is 2.34. The Kier molecular flexibility index (Phi) is 3.46. The first-order valence-electron chi connectivity index (χ1n) is 6.91. The van der Waals surface area contributed by atoms with Gasteiger partial charge in [-0.25, -0.2) is 9.97 Å². The van der Waals surface area contributed by atoms with E-state index in [-0.39, 0.29) is 0 Å². The Balaban J connectivity index is 1.61. The maximum absolute atomic E-state index is 4.98. The Hall–Kier alpha value is -1.16. The molecule has 0 aromatic carbocycles. The predicted molar refractivity (Wildman–Crippen MR) is 69.3 cm³/mol. The molecule has 1 aliphatic heterocycles. The second kappa shape index (κ2) is 5.22. The minimum atomic E-state index is 0.453. The fourth-order valence-corrected chi connectivity index (χ4v) is 3.46. The van der Waals surface area contributed by atoms with Crippen molar-refractivity contribution >= 4 is 0 Å². The first kappa shape index (κ1) is 11.9. The zero-order valence-electron chi connectivity index (χ0n) is 11.0. The lowest BCUT2D eigenvalue weighted by Gasteiger charge is -2.41. The maximum atomic E-state index is 4.98. The standard InChI is InChI=1S/C14H21N3O/c1-18-14-15-6-13(7-16-14)10-17-8-11-3-2-4-12(5-11)9-17/h6-7,11-12H,2-5,8-10H2,1H3/t11-,12+. The Morgan fingerprint density at radius 1 is 1.22 bits per heavy atom. The van der Waals surface area contributed by atoms with E-state index in [0.717, 1.165) is 18.4 Å². The van der Waals surface area contributed by atoms with Crippen LogP contribution in [0.4, 0.5) is 0 Å². The summed E-state index contributed by atoms with van der Waals surface area (Å²) >= 11 is 0. The smallest absolute Gasteiger partial charge is 0.316 e. The highest BCUT2D eigenvalue weighted by molar-refractivity contribution is 5.07. The van der Waals surface area contributed by atoms with Gasteiger partial charge in [0.05, 0.1) is 7.11 Å². The lowest BCUT2D eigenvalue weighted by molar-refractivity contribution is 0.0806. The first-order chi connectivity index (χ1) is 8.83. The van der Waals surface area contributed by atoms with Crippen molar-refractivity contribution in [2.45, 2.75) is 32.2 Å². The highest BCUT2D eigenvalue weighted by Gasteiger charge is 2.30. The summed E-state index contributed by atoms with van der Waals surface area (Å²) in [5.41, 5.74) is 1.19. The molecule has 1 aromatic rings. The topological polar surface area (TPSA) is 38.2 Å². The maximum Gasteiger partial charge on any atom is 0.316 e. The second-order valence-corrected chi connectivity index (χ2v) is 5.67. The number of ether oxygens (including phenoxy) is 1. The van der Waals surface area contributed by atoms with Crippen LogP contribution in [0, 0.1) is 11.8 Å². The minimum Gasteiger partial charge on any atom is -0.467 e. The first-order valence-corrected chi connectivity index (χ1v) is 6.91. The molecule has 1 aromatic heterocycles. The van der Waals surface area contributed by atoms with E-state index < -0.39 is 0 Å². The zero-order chi connectivity index (χ0) is 12.4. The zero-order valence-corrected chi connectivity index (χ0v) is 11.0. The fourth-order valence-electron chi connectivity index (χ4n) is 3.46. The molecule has 4 nitrogen and oxygen atoms in total. The van der Waals surface area contributed by atoms with Crippen LogP contribution in [0.5, 0.6) is 6.01 Å². The highest BCUT2D eigenvalue weighted by atomic mass is 16.5. The van der Waals surface area contributed by atoms with E-state index >= 15 is 0 Å². The monoisotopic (exact) mass is 247 g/mol. The van der Waals surface area contributed by atoms with Gasteiger partial charge in [-0.1, -0.05) is 6.42 Å². The van der Waals surface area contributed by atoms with Gasteiger partial charge in [-0.15, -0.1) is 0 Å². The Morgan fingerprint density at radius 2 is 1.89 bits per heavy atom. The molecular formula is C14H21N3O. The fraction of sp³-hybridized carbons (Fsp3) is 0.714. The number of methoxy groups -OCH3 is 1. The van der Waals surface area contributed by atoms with Gasteiger partial charge in [-0.05, 0) is 31.1 Å². The molecule has 1 saturated heterocycles. The van der Waals surface area contributed by atoms with E-state index in [1.54, 1.807) is 7.11 Å². The molecule has 2 fully saturated rings. The normalized spacial score (nSPS) is 28.1. The van der Waals surface area contributed by atoms with Crippen molar-refractivity contribution in [3.8, 4) is 6.01 Å². The van der Waals surface area contributed by atoms with Crippen molar-refractivity contribution in [1.82, 2.24) is 14.9 Å². The number of fused-ring (bicyclic) bond motifs is 2. The van der Waals surface area contributed by atoms with E-state index in [2.05, 4.69) is 14.9 Å². The SMILES string of the molecule is COc1ncc(CN2C[C@@H]3CCC[C@@H](C3)C2)cn1. The van der Waals surface area contributed by atoms with Crippen LogP contribution in [-0.2, 0) is 6.54 Å². The van der Waals surface area contributed by atoms with Crippen LogP contribution in [0.25, 0.3) is 0 Å². The van der Waals surface area contributed by atoms with Crippen LogP contribution in [0.2, 0.25) is 0 Å². The van der Waals surface area contributed by atoms with E-state index in [9.17, 15) is 0 Å². The van der Waals surface area contributed by atoms with Crippen LogP contribution in [0.3, 0.4) is 0 Å². The summed E-state index contributed by atoms with van der Waals surface area (Å²) in [7, 11) is 1.60. The second-order valence-electron chi connectivity index (χ2n) is 5.67. The largest absolute Gasteiger partial charge is 0.467 e. The summed E-state index contributed by atoms with van der Waals surface area (Å²) in [6.07, 6.45) is 9.51. The Bertz CT molecular complexity index is 381. The quantitative estimate of drug-likeness (QED) is 0.820. The van der Waals surface area contributed by atoms with Crippen molar-refractivity contribution in [3.05, 3.63) is 18.0 Å². The van der Waals surface area contributed by atoms with Gasteiger partial charge >= 0.3 is 6.01 Å². The van der Waals surface area contributed by atoms with Gasteiger partial charge in [-0.2, -0.15) is 0 Å². The van der Waals surface area contributed by atoms with Gasteiger partial charge in [0.1, 0.15) is 0 Å².